The molecule has 18 heavy (non-hydrogen) atoms. The summed E-state index contributed by atoms with van der Waals surface area (Å²) in [5.41, 5.74) is 0. The summed E-state index contributed by atoms with van der Waals surface area (Å²) in [6, 6.07) is -0.909. The van der Waals surface area contributed by atoms with Gasteiger partial charge in [0, 0.05) is 18.4 Å². The number of ether oxygens (including phenoxy) is 1. The van der Waals surface area contributed by atoms with E-state index in [1.807, 2.05) is 0 Å². The van der Waals surface area contributed by atoms with E-state index in [-0.39, 0.29) is 30.2 Å². The third-order valence-corrected chi connectivity index (χ3v) is 2.93. The van der Waals surface area contributed by atoms with E-state index in [1.54, 1.807) is 13.8 Å². The zero-order chi connectivity index (χ0) is 14.1. The van der Waals surface area contributed by atoms with Crippen LogP contribution in [0.2, 0.25) is 0 Å². The summed E-state index contributed by atoms with van der Waals surface area (Å²) in [5, 5.41) is 11.2. The van der Waals surface area contributed by atoms with Crippen LogP contribution in [0.5, 0.6) is 0 Å². The topological polar surface area (TPSA) is 92.7 Å². The summed E-state index contributed by atoms with van der Waals surface area (Å²) in [5.74, 6) is -1.14. The van der Waals surface area contributed by atoms with Crippen molar-refractivity contribution in [3.63, 3.8) is 0 Å². The van der Waals surface area contributed by atoms with Crippen molar-refractivity contribution in [1.29, 1.82) is 0 Å². The number of esters is 1. The van der Waals surface area contributed by atoms with Crippen molar-refractivity contribution in [2.45, 2.75) is 26.8 Å². The Kier molecular flexibility index (Phi) is 8.19. The third-order valence-electron chi connectivity index (χ3n) is 1.90. The van der Waals surface area contributed by atoms with Gasteiger partial charge in [0.1, 0.15) is 12.6 Å². The van der Waals surface area contributed by atoms with Crippen LogP contribution >= 0.6 is 11.8 Å². The number of carboxylic acid groups (broad SMARTS) is 1. The number of rotatable bonds is 8. The molecular weight excluding hydrogens is 258 g/mol. The summed E-state index contributed by atoms with van der Waals surface area (Å²) in [6.45, 7) is 5.00. The molecule has 1 amide bonds. The van der Waals surface area contributed by atoms with Gasteiger partial charge in [0.2, 0.25) is 5.91 Å². The van der Waals surface area contributed by atoms with Crippen molar-refractivity contribution in [1.82, 2.24) is 5.32 Å². The zero-order valence-corrected chi connectivity index (χ0v) is 11.6. The number of carbonyl (C=O) groups is 3. The minimum Gasteiger partial charge on any atom is -0.480 e. The van der Waals surface area contributed by atoms with Crippen LogP contribution in [0.1, 0.15) is 20.8 Å². The van der Waals surface area contributed by atoms with Crippen LogP contribution in [-0.2, 0) is 19.1 Å². The minimum absolute atomic E-state index is 0.166. The van der Waals surface area contributed by atoms with Crippen LogP contribution in [0.3, 0.4) is 0 Å². The molecule has 0 heterocycles. The standard InChI is InChI=1S/C11H19NO5S/c1-7(2)11(16)17-4-5-18-6-9(10(14)15)12-8(3)13/h7,9H,4-6H2,1-3H3,(H,12,13)(H,14,15)/t9-/m0/s1. The van der Waals surface area contributed by atoms with Crippen LogP contribution < -0.4 is 5.32 Å². The molecule has 0 aromatic rings. The van der Waals surface area contributed by atoms with Gasteiger partial charge in [-0.1, -0.05) is 13.8 Å². The van der Waals surface area contributed by atoms with Gasteiger partial charge in [-0.25, -0.2) is 4.79 Å². The summed E-state index contributed by atoms with van der Waals surface area (Å²) in [6.07, 6.45) is 0. The lowest BCUT2D eigenvalue weighted by Crippen LogP contribution is -2.41. The lowest BCUT2D eigenvalue weighted by atomic mass is 10.2. The largest absolute Gasteiger partial charge is 0.480 e. The van der Waals surface area contributed by atoms with Crippen LogP contribution in [-0.4, -0.2) is 47.1 Å². The Morgan fingerprint density at radius 1 is 1.33 bits per heavy atom. The normalized spacial score (nSPS) is 12.0. The minimum atomic E-state index is -1.07. The second kappa shape index (κ2) is 8.79. The number of hydrogen-bond acceptors (Lipinski definition) is 5. The van der Waals surface area contributed by atoms with Gasteiger partial charge >= 0.3 is 11.9 Å². The number of hydrogen-bond donors (Lipinski definition) is 2. The molecule has 7 heteroatoms. The fourth-order valence-electron chi connectivity index (χ4n) is 0.989. The monoisotopic (exact) mass is 277 g/mol. The average Bonchev–Trinajstić information content (AvgIpc) is 2.25. The lowest BCUT2D eigenvalue weighted by molar-refractivity contribution is -0.146. The molecule has 0 unspecified atom stereocenters. The van der Waals surface area contributed by atoms with E-state index in [2.05, 4.69) is 5.32 Å². The first-order valence-electron chi connectivity index (χ1n) is 5.59. The van der Waals surface area contributed by atoms with Crippen LogP contribution in [0.15, 0.2) is 0 Å². The molecule has 0 fully saturated rings. The van der Waals surface area contributed by atoms with Crippen LogP contribution in [0.25, 0.3) is 0 Å². The maximum absolute atomic E-state index is 11.1. The van der Waals surface area contributed by atoms with E-state index < -0.39 is 12.0 Å². The number of carbonyl (C=O) groups excluding carboxylic acids is 2. The lowest BCUT2D eigenvalue weighted by Gasteiger charge is -2.12. The van der Waals surface area contributed by atoms with Gasteiger partial charge in [0.25, 0.3) is 0 Å². The Labute approximate surface area is 110 Å². The summed E-state index contributed by atoms with van der Waals surface area (Å²) >= 11 is 1.31. The van der Waals surface area contributed by atoms with Gasteiger partial charge in [-0.15, -0.1) is 0 Å². The second-order valence-electron chi connectivity index (χ2n) is 3.99. The molecule has 1 atom stereocenters. The first-order chi connectivity index (χ1) is 8.34. The van der Waals surface area contributed by atoms with E-state index in [9.17, 15) is 14.4 Å². The first kappa shape index (κ1) is 16.8. The number of thioether (sulfide) groups is 1. The van der Waals surface area contributed by atoms with Gasteiger partial charge in [0.05, 0.1) is 5.92 Å². The molecule has 0 rings (SSSR count). The van der Waals surface area contributed by atoms with Gasteiger partial charge in [0.15, 0.2) is 0 Å². The highest BCUT2D eigenvalue weighted by Crippen LogP contribution is 2.04. The number of amides is 1. The van der Waals surface area contributed by atoms with E-state index in [0.717, 1.165) is 0 Å². The quantitative estimate of drug-likeness (QED) is 0.496. The molecule has 0 radical (unpaired) electrons. The highest BCUT2D eigenvalue weighted by molar-refractivity contribution is 7.99. The molecule has 6 nitrogen and oxygen atoms in total. The van der Waals surface area contributed by atoms with Crippen molar-refractivity contribution in [2.75, 3.05) is 18.1 Å². The molecule has 0 aliphatic rings. The van der Waals surface area contributed by atoms with Gasteiger partial charge in [-0.05, 0) is 0 Å². The zero-order valence-electron chi connectivity index (χ0n) is 10.8. The van der Waals surface area contributed by atoms with Crippen LogP contribution in [0.4, 0.5) is 0 Å². The summed E-state index contributed by atoms with van der Waals surface area (Å²) in [7, 11) is 0. The highest BCUT2D eigenvalue weighted by atomic mass is 32.2. The molecule has 0 aromatic carbocycles. The fourth-order valence-corrected chi connectivity index (χ4v) is 1.82. The average molecular weight is 277 g/mol. The molecule has 0 saturated carbocycles. The highest BCUT2D eigenvalue weighted by Gasteiger charge is 2.18. The predicted octanol–water partition coefficient (Wildman–Crippen LogP) is 0.508. The van der Waals surface area contributed by atoms with Gasteiger partial charge in [-0.3, -0.25) is 9.59 Å². The van der Waals surface area contributed by atoms with Crippen molar-refractivity contribution in [3.05, 3.63) is 0 Å². The molecule has 104 valence electrons. The Hall–Kier alpha value is -1.24. The van der Waals surface area contributed by atoms with E-state index in [0.29, 0.717) is 5.75 Å². The Bertz CT molecular complexity index is 306. The third kappa shape index (κ3) is 7.94. The smallest absolute Gasteiger partial charge is 0.327 e. The molecule has 2 N–H and O–H groups in total. The molecular formula is C11H19NO5S. The van der Waals surface area contributed by atoms with Crippen molar-refractivity contribution in [2.24, 2.45) is 5.92 Å². The summed E-state index contributed by atoms with van der Waals surface area (Å²) in [4.78, 5) is 32.7. The number of carboxylic acids is 1. The van der Waals surface area contributed by atoms with Crippen molar-refractivity contribution in [3.8, 4) is 0 Å². The fraction of sp³-hybridized carbons (Fsp3) is 0.727. The Balaban J connectivity index is 3.77. The van der Waals surface area contributed by atoms with Crippen molar-refractivity contribution >= 4 is 29.6 Å². The molecule has 0 aliphatic carbocycles. The second-order valence-corrected chi connectivity index (χ2v) is 5.14. The first-order valence-corrected chi connectivity index (χ1v) is 6.74. The number of nitrogens with one attached hydrogen (secondary N) is 1. The summed E-state index contributed by atoms with van der Waals surface area (Å²) < 4.78 is 4.93. The maximum atomic E-state index is 11.1. The SMILES string of the molecule is CC(=O)N[C@@H](CSCCOC(=O)C(C)C)C(=O)O. The van der Waals surface area contributed by atoms with E-state index in [4.69, 9.17) is 9.84 Å². The molecule has 0 saturated heterocycles. The molecule has 0 aliphatic heterocycles. The molecule has 0 bridgehead atoms. The molecule has 0 spiro atoms. The predicted molar refractivity (Wildman–Crippen MR) is 68.4 cm³/mol. The van der Waals surface area contributed by atoms with E-state index >= 15 is 0 Å². The van der Waals surface area contributed by atoms with Gasteiger partial charge < -0.3 is 15.2 Å². The van der Waals surface area contributed by atoms with Crippen LogP contribution in [0, 0.1) is 5.92 Å². The number of aliphatic carboxylic acids is 1. The van der Waals surface area contributed by atoms with E-state index in [1.165, 1.54) is 18.7 Å². The molecule has 0 aromatic heterocycles. The van der Waals surface area contributed by atoms with Gasteiger partial charge in [-0.2, -0.15) is 11.8 Å². The Morgan fingerprint density at radius 3 is 2.39 bits per heavy atom. The Morgan fingerprint density at radius 2 is 1.94 bits per heavy atom. The maximum Gasteiger partial charge on any atom is 0.327 e. The van der Waals surface area contributed by atoms with Crippen molar-refractivity contribution < 1.29 is 24.2 Å².